The first-order valence-corrected chi connectivity index (χ1v) is 6.51. The molecule has 1 aromatic carbocycles. The first kappa shape index (κ1) is 14.1. The van der Waals surface area contributed by atoms with Crippen molar-refractivity contribution in [3.05, 3.63) is 59.4 Å². The Hall–Kier alpha value is -2.27. The van der Waals surface area contributed by atoms with Gasteiger partial charge in [-0.05, 0) is 30.7 Å². The number of amides is 1. The largest absolute Gasteiger partial charge is 0.389 e. The van der Waals surface area contributed by atoms with E-state index >= 15 is 0 Å². The van der Waals surface area contributed by atoms with Crippen LogP contribution >= 0.6 is 12.2 Å². The molecular weight excluding hydrogens is 270 g/mol. The Labute approximate surface area is 123 Å². The molecule has 0 spiro atoms. The van der Waals surface area contributed by atoms with Crippen molar-refractivity contribution < 1.29 is 4.79 Å². The number of hydrogen-bond acceptors (Lipinski definition) is 3. The number of nitrogens with two attached hydrogens (primary N) is 1. The lowest BCUT2D eigenvalue weighted by Gasteiger charge is -2.18. The van der Waals surface area contributed by atoms with E-state index in [1.807, 2.05) is 31.2 Å². The minimum atomic E-state index is -0.164. The molecule has 0 radical (unpaired) electrons. The van der Waals surface area contributed by atoms with Crippen molar-refractivity contribution in [2.45, 2.75) is 6.92 Å². The second kappa shape index (κ2) is 5.79. The van der Waals surface area contributed by atoms with Crippen molar-refractivity contribution in [2.24, 2.45) is 5.73 Å². The fourth-order valence-electron chi connectivity index (χ4n) is 1.85. The van der Waals surface area contributed by atoms with Gasteiger partial charge in [0.05, 0.1) is 0 Å². The summed E-state index contributed by atoms with van der Waals surface area (Å²) in [5.41, 5.74) is 8.35. The van der Waals surface area contributed by atoms with E-state index in [1.165, 1.54) is 4.90 Å². The molecule has 0 bridgehead atoms. The zero-order valence-corrected chi connectivity index (χ0v) is 12.1. The number of nitrogens with zero attached hydrogens (tertiary/aromatic N) is 2. The van der Waals surface area contributed by atoms with Gasteiger partial charge in [-0.25, -0.2) is 0 Å². The Balaban J connectivity index is 2.34. The van der Waals surface area contributed by atoms with Crippen LogP contribution in [0.25, 0.3) is 0 Å². The molecule has 2 aromatic rings. The maximum Gasteiger partial charge on any atom is 0.276 e. The van der Waals surface area contributed by atoms with Gasteiger partial charge in [0.25, 0.3) is 5.91 Å². The number of benzene rings is 1. The lowest BCUT2D eigenvalue weighted by Crippen LogP contribution is -2.28. The molecule has 0 unspecified atom stereocenters. The topological polar surface area (TPSA) is 59.2 Å². The van der Waals surface area contributed by atoms with Crippen LogP contribution in [0, 0.1) is 6.92 Å². The van der Waals surface area contributed by atoms with Gasteiger partial charge >= 0.3 is 0 Å². The number of aryl methyl sites for hydroxylation is 1. The Morgan fingerprint density at radius 1 is 1.30 bits per heavy atom. The summed E-state index contributed by atoms with van der Waals surface area (Å²) in [6, 6.07) is 10.9. The monoisotopic (exact) mass is 285 g/mol. The number of thiocarbonyl (C=S) groups is 1. The fourth-order valence-corrected chi connectivity index (χ4v) is 1.98. The summed E-state index contributed by atoms with van der Waals surface area (Å²) >= 11 is 4.95. The molecular formula is C15H15N3OS. The molecule has 5 heteroatoms. The van der Waals surface area contributed by atoms with Gasteiger partial charge in [-0.2, -0.15) is 0 Å². The zero-order chi connectivity index (χ0) is 14.7. The Kier molecular flexibility index (Phi) is 4.10. The summed E-state index contributed by atoms with van der Waals surface area (Å²) in [5, 5.41) is 0. The Morgan fingerprint density at radius 2 is 2.05 bits per heavy atom. The highest BCUT2D eigenvalue weighted by molar-refractivity contribution is 7.80. The number of aromatic nitrogens is 1. The van der Waals surface area contributed by atoms with E-state index < -0.39 is 0 Å². The lowest BCUT2D eigenvalue weighted by molar-refractivity contribution is 0.0987. The third-order valence-corrected chi connectivity index (χ3v) is 3.27. The van der Waals surface area contributed by atoms with Gasteiger partial charge < -0.3 is 10.6 Å². The normalized spacial score (nSPS) is 10.1. The van der Waals surface area contributed by atoms with Crippen molar-refractivity contribution in [3.8, 4) is 0 Å². The fraction of sp³-hybridized carbons (Fsp3) is 0.133. The molecule has 0 fully saturated rings. The first-order valence-electron chi connectivity index (χ1n) is 6.10. The van der Waals surface area contributed by atoms with E-state index in [9.17, 15) is 4.79 Å². The lowest BCUT2D eigenvalue weighted by atomic mass is 10.1. The summed E-state index contributed by atoms with van der Waals surface area (Å²) in [6.45, 7) is 1.86. The van der Waals surface area contributed by atoms with Crippen LogP contribution in [0.15, 0.2) is 42.6 Å². The van der Waals surface area contributed by atoms with Gasteiger partial charge in [0.15, 0.2) is 0 Å². The predicted molar refractivity (Wildman–Crippen MR) is 84.0 cm³/mol. The molecule has 0 saturated carbocycles. The highest BCUT2D eigenvalue weighted by Crippen LogP contribution is 2.18. The number of carbonyl (C=O) groups excluding carboxylic acids is 1. The van der Waals surface area contributed by atoms with Crippen molar-refractivity contribution in [2.75, 3.05) is 11.9 Å². The van der Waals surface area contributed by atoms with E-state index in [2.05, 4.69) is 4.98 Å². The first-order chi connectivity index (χ1) is 9.50. The minimum Gasteiger partial charge on any atom is -0.389 e. The smallest absolute Gasteiger partial charge is 0.276 e. The summed E-state index contributed by atoms with van der Waals surface area (Å²) < 4.78 is 0. The van der Waals surface area contributed by atoms with E-state index in [1.54, 1.807) is 25.4 Å². The van der Waals surface area contributed by atoms with Gasteiger partial charge in [-0.3, -0.25) is 9.78 Å². The van der Waals surface area contributed by atoms with Crippen molar-refractivity contribution in [3.63, 3.8) is 0 Å². The molecule has 0 aliphatic carbocycles. The van der Waals surface area contributed by atoms with Crippen LogP contribution in [-0.4, -0.2) is 22.9 Å². The van der Waals surface area contributed by atoms with Gasteiger partial charge in [-0.1, -0.05) is 30.4 Å². The highest BCUT2D eigenvalue weighted by Gasteiger charge is 2.17. The number of carbonyl (C=O) groups is 1. The van der Waals surface area contributed by atoms with Crippen LogP contribution in [-0.2, 0) is 0 Å². The maximum absolute atomic E-state index is 12.4. The van der Waals surface area contributed by atoms with Gasteiger partial charge in [0.2, 0.25) is 0 Å². The van der Waals surface area contributed by atoms with E-state index in [4.69, 9.17) is 18.0 Å². The third kappa shape index (κ3) is 2.83. The van der Waals surface area contributed by atoms with Crippen LogP contribution in [0.3, 0.4) is 0 Å². The molecule has 0 atom stereocenters. The van der Waals surface area contributed by atoms with Crippen LogP contribution < -0.4 is 10.6 Å². The van der Waals surface area contributed by atoms with Crippen molar-refractivity contribution in [1.29, 1.82) is 0 Å². The molecule has 2 N–H and O–H groups in total. The van der Waals surface area contributed by atoms with Crippen LogP contribution in [0.4, 0.5) is 5.69 Å². The third-order valence-electron chi connectivity index (χ3n) is 3.03. The second-order valence-corrected chi connectivity index (χ2v) is 4.89. The summed E-state index contributed by atoms with van der Waals surface area (Å²) in [6.07, 6.45) is 1.61. The predicted octanol–water partition coefficient (Wildman–Crippen LogP) is 2.30. The number of rotatable bonds is 3. The van der Waals surface area contributed by atoms with Crippen LogP contribution in [0.1, 0.15) is 21.6 Å². The molecule has 1 amide bonds. The molecule has 20 heavy (non-hydrogen) atoms. The Morgan fingerprint density at radius 3 is 2.70 bits per heavy atom. The number of hydrogen-bond donors (Lipinski definition) is 1. The molecule has 2 rings (SSSR count). The molecule has 102 valence electrons. The quantitative estimate of drug-likeness (QED) is 0.879. The van der Waals surface area contributed by atoms with Gasteiger partial charge in [0.1, 0.15) is 10.7 Å². The molecule has 1 aromatic heterocycles. The van der Waals surface area contributed by atoms with E-state index in [-0.39, 0.29) is 5.91 Å². The standard InChI is InChI=1S/C15H15N3OS/c1-10-5-4-8-17-13(10)15(19)18(2)12-7-3-6-11(9-12)14(16)20/h3-9H,1-2H3,(H2,16,20). The highest BCUT2D eigenvalue weighted by atomic mass is 32.1. The molecule has 0 aliphatic heterocycles. The summed E-state index contributed by atoms with van der Waals surface area (Å²) in [5.74, 6) is -0.164. The summed E-state index contributed by atoms with van der Waals surface area (Å²) in [7, 11) is 1.70. The summed E-state index contributed by atoms with van der Waals surface area (Å²) in [4.78, 5) is 18.4. The minimum absolute atomic E-state index is 0.164. The van der Waals surface area contributed by atoms with Gasteiger partial charge in [-0.15, -0.1) is 0 Å². The van der Waals surface area contributed by atoms with E-state index in [0.717, 1.165) is 16.8 Å². The molecule has 0 saturated heterocycles. The SMILES string of the molecule is Cc1cccnc1C(=O)N(C)c1cccc(C(N)=S)c1. The average molecular weight is 285 g/mol. The van der Waals surface area contributed by atoms with Gasteiger partial charge in [0, 0.05) is 24.5 Å². The average Bonchev–Trinajstić information content (AvgIpc) is 2.46. The molecule has 0 aliphatic rings. The number of pyridine rings is 1. The zero-order valence-electron chi connectivity index (χ0n) is 11.3. The van der Waals surface area contributed by atoms with Crippen molar-refractivity contribution >= 4 is 28.8 Å². The Bertz CT molecular complexity index is 670. The molecule has 1 heterocycles. The number of anilines is 1. The van der Waals surface area contributed by atoms with Crippen LogP contribution in [0.5, 0.6) is 0 Å². The maximum atomic E-state index is 12.4. The van der Waals surface area contributed by atoms with Crippen molar-refractivity contribution in [1.82, 2.24) is 4.98 Å². The second-order valence-electron chi connectivity index (χ2n) is 4.45. The van der Waals surface area contributed by atoms with E-state index in [0.29, 0.717) is 10.7 Å². The molecule has 4 nitrogen and oxygen atoms in total. The van der Waals surface area contributed by atoms with Crippen LogP contribution in [0.2, 0.25) is 0 Å².